The monoisotopic (exact) mass is 780 g/mol. The first-order chi connectivity index (χ1) is 24.1. The number of thiazole rings is 1. The summed E-state index contributed by atoms with van der Waals surface area (Å²) in [4.78, 5) is 55.7. The molecule has 6 N–H and O–H groups in total. The number of benzene rings is 1. The van der Waals surface area contributed by atoms with Gasteiger partial charge < -0.3 is 40.9 Å². The van der Waals surface area contributed by atoms with Crippen molar-refractivity contribution >= 4 is 67.2 Å². The molecule has 0 saturated carbocycles. The zero-order chi connectivity index (χ0) is 38.8. The standard InChI is InChI=1S/C25H30N8O10S2.C2HF3O2/c1-25(2)20(22(35)33(25)43-45(38,39)40)29-21(34)19(16-12-44-24(26)28-16)30-42-18(23(36)37)11-41-15-4-5-17-14(6-15)10-31(3)32(17)9-13-7-27-8-13;3-2(4,5)1(6)7/h4-6,10,12-13,18,20,27H,7-9,11H2,1-3H3,(H4-,26,28,29,34,36,37,38,39,40);(H,6,7)/b30-19-;/t18-,20-;/m1./s1. The van der Waals surface area contributed by atoms with Gasteiger partial charge in [-0.25, -0.2) is 9.78 Å². The van der Waals surface area contributed by atoms with Crippen LogP contribution < -0.4 is 30.9 Å². The van der Waals surface area contributed by atoms with Crippen LogP contribution in [0.25, 0.3) is 10.9 Å². The Morgan fingerprint density at radius 3 is 2.46 bits per heavy atom. The smallest absolute Gasteiger partial charge is 0.430 e. The predicted molar refractivity (Wildman–Crippen MR) is 167 cm³/mol. The van der Waals surface area contributed by atoms with Gasteiger partial charge in [0.2, 0.25) is 6.20 Å². The Balaban J connectivity index is 0.000000785. The molecule has 2 fully saturated rings. The molecule has 284 valence electrons. The van der Waals surface area contributed by atoms with Crippen molar-refractivity contribution < 1.29 is 74.1 Å². The van der Waals surface area contributed by atoms with Crippen molar-refractivity contribution in [2.75, 3.05) is 25.4 Å². The highest BCUT2D eigenvalue weighted by Gasteiger charge is 2.58. The zero-order valence-electron chi connectivity index (χ0n) is 27.2. The summed E-state index contributed by atoms with van der Waals surface area (Å²) in [6.07, 6.45) is -4.91. The topological polar surface area (TPSA) is 281 Å². The molecule has 2 atom stereocenters. The Bertz CT molecular complexity index is 2000. The fourth-order valence-electron chi connectivity index (χ4n) is 4.81. The van der Waals surface area contributed by atoms with Crippen LogP contribution in [-0.2, 0) is 52.3 Å². The number of fused-ring (bicyclic) bond motifs is 1. The number of anilines is 1. The van der Waals surface area contributed by atoms with Crippen LogP contribution >= 0.6 is 11.3 Å². The van der Waals surface area contributed by atoms with Crippen molar-refractivity contribution in [2.24, 2.45) is 18.1 Å². The molecule has 2 aliphatic heterocycles. The fourth-order valence-corrected chi connectivity index (χ4v) is 5.81. The van der Waals surface area contributed by atoms with Crippen molar-refractivity contribution in [3.8, 4) is 5.75 Å². The summed E-state index contributed by atoms with van der Waals surface area (Å²) in [5.41, 5.74) is 4.69. The van der Waals surface area contributed by atoms with Crippen LogP contribution in [0.3, 0.4) is 0 Å². The first kappa shape index (κ1) is 39.7. The van der Waals surface area contributed by atoms with E-state index in [-0.39, 0.29) is 10.8 Å². The molecule has 5 rings (SSSR count). The van der Waals surface area contributed by atoms with E-state index < -0.39 is 70.3 Å². The highest BCUT2D eigenvalue weighted by atomic mass is 32.3. The number of nitrogens with two attached hydrogens (primary N) is 1. The average molecular weight is 781 g/mol. The summed E-state index contributed by atoms with van der Waals surface area (Å²) < 4.78 is 76.8. The molecule has 0 spiro atoms. The van der Waals surface area contributed by atoms with Crippen molar-refractivity contribution in [3.63, 3.8) is 0 Å². The van der Waals surface area contributed by atoms with Crippen molar-refractivity contribution in [2.45, 2.75) is 44.3 Å². The van der Waals surface area contributed by atoms with Gasteiger partial charge >= 0.3 is 22.5 Å². The number of ether oxygens (including phenoxy) is 1. The number of hydrogen-bond donors (Lipinski definition) is 5. The number of rotatable bonds is 13. The third-order valence-electron chi connectivity index (χ3n) is 7.56. The lowest BCUT2D eigenvalue weighted by molar-refractivity contribution is -0.751. The molecule has 2 aromatic heterocycles. The number of amides is 2. The molecule has 3 aromatic rings. The number of β-lactam (4-membered cyclic amide) rings is 1. The first-order valence-corrected chi connectivity index (χ1v) is 16.9. The number of nitrogens with one attached hydrogen (secondary N) is 2. The Labute approximate surface area is 295 Å². The molecule has 20 nitrogen and oxygen atoms in total. The van der Waals surface area contributed by atoms with E-state index in [2.05, 4.69) is 29.7 Å². The van der Waals surface area contributed by atoms with Gasteiger partial charge in [-0.15, -0.1) is 20.3 Å². The van der Waals surface area contributed by atoms with Gasteiger partial charge in [0.25, 0.3) is 17.9 Å². The lowest BCUT2D eigenvalue weighted by Gasteiger charge is -2.50. The molecule has 25 heteroatoms. The van der Waals surface area contributed by atoms with Gasteiger partial charge in [0, 0.05) is 24.4 Å². The second kappa shape index (κ2) is 15.2. The van der Waals surface area contributed by atoms with Gasteiger partial charge in [-0.05, 0) is 32.0 Å². The molecule has 4 heterocycles. The van der Waals surface area contributed by atoms with Gasteiger partial charge in [0.05, 0.1) is 17.5 Å². The van der Waals surface area contributed by atoms with Crippen LogP contribution in [0.2, 0.25) is 0 Å². The number of carboxylic acid groups (broad SMARTS) is 2. The molecular formula is C27H31F3N8O12S2. The minimum absolute atomic E-state index is 0.0679. The summed E-state index contributed by atoms with van der Waals surface area (Å²) in [6.45, 7) is 5.03. The third-order valence-corrected chi connectivity index (χ3v) is 8.57. The van der Waals surface area contributed by atoms with Gasteiger partial charge in [0.1, 0.15) is 35.6 Å². The number of hydrogen-bond acceptors (Lipinski definition) is 15. The normalized spacial score (nSPS) is 18.1. The van der Waals surface area contributed by atoms with E-state index in [1.807, 2.05) is 24.0 Å². The third kappa shape index (κ3) is 9.40. The number of aliphatic carboxylic acids is 2. The number of carbonyl (C=O) groups is 4. The number of carboxylic acids is 2. The quantitative estimate of drug-likeness (QED) is 0.0417. The number of carbonyl (C=O) groups excluding carboxylic acids is 3. The van der Waals surface area contributed by atoms with E-state index in [9.17, 15) is 41.1 Å². The summed E-state index contributed by atoms with van der Waals surface area (Å²) in [7, 11) is -3.07. The SMILES string of the molecule is C[n+]1cc2cc(OC[C@@H](O/N=C(\C(=O)N[C@@H]3C(=O)N(OS(=O)(=O)O)C3(C)C)c3csc(N)n3)C(=O)O)ccc2n1CC1CNC1.O=C([O-])C(F)(F)F. The minimum Gasteiger partial charge on any atom is -0.542 e. The van der Waals surface area contributed by atoms with Crippen LogP contribution in [0.4, 0.5) is 18.3 Å². The van der Waals surface area contributed by atoms with Crippen molar-refractivity contribution in [3.05, 3.63) is 35.5 Å². The summed E-state index contributed by atoms with van der Waals surface area (Å²) in [6, 6.07) is 4.05. The van der Waals surface area contributed by atoms with E-state index in [1.165, 1.54) is 19.2 Å². The maximum atomic E-state index is 13.2. The van der Waals surface area contributed by atoms with Gasteiger partial charge in [-0.1, -0.05) is 5.16 Å². The molecule has 52 heavy (non-hydrogen) atoms. The van der Waals surface area contributed by atoms with E-state index in [1.54, 1.807) is 12.1 Å². The van der Waals surface area contributed by atoms with Gasteiger partial charge in [-0.3, -0.25) is 14.1 Å². The van der Waals surface area contributed by atoms with Gasteiger partial charge in [0.15, 0.2) is 17.9 Å². The molecular weight excluding hydrogens is 749 g/mol. The number of hydroxylamine groups is 2. The second-order valence-electron chi connectivity index (χ2n) is 11.8. The highest BCUT2D eigenvalue weighted by Crippen LogP contribution is 2.33. The van der Waals surface area contributed by atoms with Crippen LogP contribution in [0, 0.1) is 5.92 Å². The fraction of sp³-hybridized carbons (Fsp3) is 0.444. The largest absolute Gasteiger partial charge is 0.542 e. The Morgan fingerprint density at radius 1 is 1.31 bits per heavy atom. The number of halogens is 3. The second-order valence-corrected chi connectivity index (χ2v) is 13.7. The van der Waals surface area contributed by atoms with Crippen LogP contribution in [-0.4, -0.2) is 106 Å². The Morgan fingerprint density at radius 2 is 1.96 bits per heavy atom. The maximum absolute atomic E-state index is 13.2. The number of nitrogens with zero attached hydrogens (tertiary/aromatic N) is 5. The number of alkyl halides is 3. The molecule has 2 saturated heterocycles. The van der Waals surface area contributed by atoms with Gasteiger partial charge in [-0.2, -0.15) is 31.3 Å². The van der Waals surface area contributed by atoms with E-state index in [0.29, 0.717) is 16.7 Å². The molecule has 0 radical (unpaired) electrons. The first-order valence-electron chi connectivity index (χ1n) is 14.7. The van der Waals surface area contributed by atoms with Crippen LogP contribution in [0.15, 0.2) is 34.9 Å². The molecule has 0 unspecified atom stereocenters. The predicted octanol–water partition coefficient (Wildman–Crippen LogP) is -1.88. The number of nitrogen functional groups attached to an aromatic ring is 1. The van der Waals surface area contributed by atoms with E-state index >= 15 is 0 Å². The van der Waals surface area contributed by atoms with Crippen molar-refractivity contribution in [1.29, 1.82) is 0 Å². The van der Waals surface area contributed by atoms with E-state index in [4.69, 9.17) is 29.8 Å². The lowest BCUT2D eigenvalue weighted by atomic mass is 9.84. The number of oxime groups is 1. The summed E-state index contributed by atoms with van der Waals surface area (Å²) in [5.74, 6) is -5.51. The Kier molecular flexibility index (Phi) is 11.6. The molecule has 0 aliphatic carbocycles. The highest BCUT2D eigenvalue weighted by molar-refractivity contribution is 7.80. The average Bonchev–Trinajstić information content (AvgIpc) is 3.58. The van der Waals surface area contributed by atoms with Crippen LogP contribution in [0.5, 0.6) is 5.75 Å². The van der Waals surface area contributed by atoms with E-state index in [0.717, 1.165) is 41.9 Å². The molecule has 2 amide bonds. The summed E-state index contributed by atoms with van der Waals surface area (Å²) >= 11 is 0.968. The van der Waals surface area contributed by atoms with Crippen molar-refractivity contribution in [1.82, 2.24) is 25.4 Å². The van der Waals surface area contributed by atoms with Crippen LogP contribution in [0.1, 0.15) is 19.5 Å². The minimum atomic E-state index is -5.19. The lowest BCUT2D eigenvalue weighted by Crippen LogP contribution is -2.76. The summed E-state index contributed by atoms with van der Waals surface area (Å²) in [5, 5.41) is 30.6. The molecule has 2 aliphatic rings. The zero-order valence-corrected chi connectivity index (χ0v) is 28.8. The molecule has 1 aromatic carbocycles. The number of aryl methyl sites for hydroxylation is 1. The maximum Gasteiger partial charge on any atom is 0.430 e. The number of aromatic nitrogens is 3. The molecule has 0 bridgehead atoms. The Hall–Kier alpha value is -5.11.